The van der Waals surface area contributed by atoms with E-state index < -0.39 is 0 Å². The number of furan rings is 3. The molecule has 0 bridgehead atoms. The van der Waals surface area contributed by atoms with E-state index in [0.29, 0.717) is 0 Å². The molecular formula is C73H57NO3. The van der Waals surface area contributed by atoms with Gasteiger partial charge in [-0.05, 0) is 168 Å². The van der Waals surface area contributed by atoms with Crippen molar-refractivity contribution in [1.82, 2.24) is 0 Å². The van der Waals surface area contributed by atoms with Crippen LogP contribution in [0.1, 0.15) is 101 Å². The van der Waals surface area contributed by atoms with Crippen molar-refractivity contribution in [3.05, 3.63) is 221 Å². The maximum Gasteiger partial charge on any atom is 0.143 e. The Labute approximate surface area is 448 Å². The van der Waals surface area contributed by atoms with Crippen LogP contribution < -0.4 is 4.90 Å². The molecule has 4 heteroatoms. The summed E-state index contributed by atoms with van der Waals surface area (Å²) in [5.74, 6) is 0. The SMILES string of the molecule is CC(C)(C)c1ccc(N(c2ccc3c(c2)C(C)(C)c2cc4c(cc2-3)C(C)(C)c2ccc3oc5ccccc5c3c2-4)c2ccc3c(c2)C(C)(C)c2cc(-c4cccc5oc6ccccc6c45)c4oc5ccccc5c4c2-3)cc1. The smallest absolute Gasteiger partial charge is 0.143 e. The molecule has 4 nitrogen and oxygen atoms in total. The minimum absolute atomic E-state index is 0.0135. The molecule has 16 rings (SSSR count). The fourth-order valence-electron chi connectivity index (χ4n) is 14.4. The first-order valence-corrected chi connectivity index (χ1v) is 27.3. The number of hydrogen-bond acceptors (Lipinski definition) is 4. The Morgan fingerprint density at radius 2 is 0.805 bits per heavy atom. The molecule has 3 aliphatic carbocycles. The van der Waals surface area contributed by atoms with Gasteiger partial charge in [0.15, 0.2) is 0 Å². The molecular weight excluding hydrogens is 939 g/mol. The first-order valence-electron chi connectivity index (χ1n) is 27.3. The molecule has 0 atom stereocenters. The van der Waals surface area contributed by atoms with Gasteiger partial charge in [0.05, 0.1) is 0 Å². The molecule has 0 radical (unpaired) electrons. The Kier molecular flexibility index (Phi) is 8.62. The zero-order valence-corrected chi connectivity index (χ0v) is 45.0. The summed E-state index contributed by atoms with van der Waals surface area (Å²) in [6.07, 6.45) is 0. The lowest BCUT2D eigenvalue weighted by atomic mass is 9.79. The summed E-state index contributed by atoms with van der Waals surface area (Å²) in [7, 11) is 0. The Morgan fingerprint density at radius 3 is 1.48 bits per heavy atom. The number of rotatable bonds is 4. The Morgan fingerprint density at radius 1 is 0.325 bits per heavy atom. The van der Waals surface area contributed by atoms with E-state index in [2.05, 4.69) is 243 Å². The summed E-state index contributed by atoms with van der Waals surface area (Å²) in [5, 5.41) is 6.90. The first-order chi connectivity index (χ1) is 37.1. The van der Waals surface area contributed by atoms with Crippen LogP contribution in [0.5, 0.6) is 0 Å². The van der Waals surface area contributed by atoms with Crippen LogP contribution in [-0.4, -0.2) is 0 Å². The van der Waals surface area contributed by atoms with Gasteiger partial charge in [0.1, 0.15) is 33.5 Å². The maximum atomic E-state index is 7.01. The van der Waals surface area contributed by atoms with Gasteiger partial charge in [0, 0.05) is 71.2 Å². The van der Waals surface area contributed by atoms with Crippen molar-refractivity contribution in [3.63, 3.8) is 0 Å². The van der Waals surface area contributed by atoms with E-state index in [9.17, 15) is 0 Å². The molecule has 3 aromatic heterocycles. The summed E-state index contributed by atoms with van der Waals surface area (Å²) < 4.78 is 20.0. The molecule has 0 fully saturated rings. The molecule has 372 valence electrons. The van der Waals surface area contributed by atoms with Gasteiger partial charge in [-0.2, -0.15) is 0 Å². The first kappa shape index (κ1) is 44.7. The average Bonchev–Trinajstić information content (AvgIpc) is 4.25. The van der Waals surface area contributed by atoms with E-state index in [-0.39, 0.29) is 21.7 Å². The molecule has 0 N–H and O–H groups in total. The largest absolute Gasteiger partial charge is 0.456 e. The quantitative estimate of drug-likeness (QED) is 0.176. The molecule has 77 heavy (non-hydrogen) atoms. The predicted octanol–water partition coefficient (Wildman–Crippen LogP) is 20.7. The van der Waals surface area contributed by atoms with Gasteiger partial charge in [-0.15, -0.1) is 0 Å². The van der Waals surface area contributed by atoms with Gasteiger partial charge in [0.2, 0.25) is 0 Å². The highest BCUT2D eigenvalue weighted by molar-refractivity contribution is 6.22. The normalized spacial score (nSPS) is 15.4. The van der Waals surface area contributed by atoms with Crippen LogP contribution in [0.25, 0.3) is 110 Å². The lowest BCUT2D eigenvalue weighted by molar-refractivity contribution is 0.590. The number of hydrogen-bond donors (Lipinski definition) is 0. The highest BCUT2D eigenvalue weighted by atomic mass is 16.3. The molecule has 0 saturated carbocycles. The van der Waals surface area contributed by atoms with Crippen LogP contribution in [0.15, 0.2) is 195 Å². The second-order valence-corrected chi connectivity index (χ2v) is 24.8. The summed E-state index contributed by atoms with van der Waals surface area (Å²) in [4.78, 5) is 2.49. The highest BCUT2D eigenvalue weighted by Gasteiger charge is 2.44. The van der Waals surface area contributed by atoms with E-state index >= 15 is 0 Å². The van der Waals surface area contributed by atoms with Crippen LogP contribution in [0.2, 0.25) is 0 Å². The van der Waals surface area contributed by atoms with Gasteiger partial charge >= 0.3 is 0 Å². The molecule has 0 amide bonds. The van der Waals surface area contributed by atoms with Crippen molar-refractivity contribution in [1.29, 1.82) is 0 Å². The Bertz CT molecular complexity index is 4750. The predicted molar refractivity (Wildman–Crippen MR) is 320 cm³/mol. The van der Waals surface area contributed by atoms with Gasteiger partial charge in [0.25, 0.3) is 0 Å². The van der Waals surface area contributed by atoms with Crippen LogP contribution in [0.3, 0.4) is 0 Å². The fourth-order valence-corrected chi connectivity index (χ4v) is 14.4. The monoisotopic (exact) mass is 995 g/mol. The summed E-state index contributed by atoms with van der Waals surface area (Å²) in [6, 6.07) is 67.5. The van der Waals surface area contributed by atoms with Crippen molar-refractivity contribution >= 4 is 82.9 Å². The number of anilines is 3. The number of nitrogens with zero attached hydrogens (tertiary/aromatic N) is 1. The van der Waals surface area contributed by atoms with E-state index in [1.165, 1.54) is 83.1 Å². The van der Waals surface area contributed by atoms with E-state index in [1.54, 1.807) is 0 Å². The zero-order chi connectivity index (χ0) is 52.2. The molecule has 0 saturated heterocycles. The van der Waals surface area contributed by atoms with Crippen LogP contribution in [0, 0.1) is 0 Å². The highest BCUT2D eigenvalue weighted by Crippen LogP contribution is 2.60. The van der Waals surface area contributed by atoms with Crippen molar-refractivity contribution in [2.75, 3.05) is 4.90 Å². The minimum atomic E-state index is -0.362. The number of benzene rings is 10. The lowest BCUT2D eigenvalue weighted by Gasteiger charge is -2.30. The third kappa shape index (κ3) is 5.88. The Hall–Kier alpha value is -8.60. The lowest BCUT2D eigenvalue weighted by Crippen LogP contribution is -2.18. The van der Waals surface area contributed by atoms with E-state index in [4.69, 9.17) is 13.3 Å². The van der Waals surface area contributed by atoms with Crippen molar-refractivity contribution < 1.29 is 13.3 Å². The second-order valence-electron chi connectivity index (χ2n) is 24.8. The van der Waals surface area contributed by atoms with Crippen molar-refractivity contribution in [2.24, 2.45) is 0 Å². The molecule has 3 aliphatic rings. The van der Waals surface area contributed by atoms with Gasteiger partial charge < -0.3 is 18.2 Å². The third-order valence-corrected chi connectivity index (χ3v) is 18.4. The number of fused-ring (bicyclic) bond motifs is 20. The molecule has 13 aromatic rings. The molecule has 0 unspecified atom stereocenters. The standard InChI is InChI=1S/C73H57NO3/c1-70(2,3)40-25-27-41(28-26-40)74(42-29-31-44-50-37-57-52(39-56(50)72(6,7)54(44)35-42)66-53(71(57,4)5)33-34-63-67(66)48-18-11-14-22-60(48)76-63)43-30-32-46-55(36-43)73(8,9)58-38-51(69-68(65(46)58)49-19-12-15-23-61(49)77-69)45-20-16-24-62-64(45)47-17-10-13-21-59(47)75-62/h10-39H,1-9H3. The van der Waals surface area contributed by atoms with Gasteiger partial charge in [-0.1, -0.05) is 159 Å². The number of para-hydroxylation sites is 3. The van der Waals surface area contributed by atoms with Gasteiger partial charge in [-0.25, -0.2) is 0 Å². The fraction of sp³-hybridized carbons (Fsp3) is 0.178. The zero-order valence-electron chi connectivity index (χ0n) is 45.0. The summed E-state index contributed by atoms with van der Waals surface area (Å²) >= 11 is 0. The van der Waals surface area contributed by atoms with Crippen molar-refractivity contribution in [3.8, 4) is 44.5 Å². The average molecular weight is 996 g/mol. The summed E-state index contributed by atoms with van der Waals surface area (Å²) in [5.41, 5.74) is 27.3. The topological polar surface area (TPSA) is 42.7 Å². The van der Waals surface area contributed by atoms with E-state index in [1.807, 2.05) is 6.07 Å². The molecule has 0 spiro atoms. The third-order valence-electron chi connectivity index (χ3n) is 18.4. The van der Waals surface area contributed by atoms with E-state index in [0.717, 1.165) is 83.2 Å². The second kappa shape index (κ2) is 14.9. The minimum Gasteiger partial charge on any atom is -0.456 e. The van der Waals surface area contributed by atoms with Crippen molar-refractivity contribution in [2.45, 2.75) is 84.0 Å². The molecule has 0 aliphatic heterocycles. The summed E-state index contributed by atoms with van der Waals surface area (Å²) in [6.45, 7) is 21.3. The van der Waals surface area contributed by atoms with Gasteiger partial charge in [-0.3, -0.25) is 0 Å². The Balaban J connectivity index is 0.869. The van der Waals surface area contributed by atoms with Crippen LogP contribution in [-0.2, 0) is 21.7 Å². The maximum absolute atomic E-state index is 7.01. The molecule has 3 heterocycles. The van der Waals surface area contributed by atoms with Crippen LogP contribution >= 0.6 is 0 Å². The van der Waals surface area contributed by atoms with Crippen LogP contribution in [0.4, 0.5) is 17.1 Å². The molecule has 10 aromatic carbocycles.